The maximum absolute atomic E-state index is 9.13. The van der Waals surface area contributed by atoms with Crippen LogP contribution in [0.15, 0.2) is 0 Å². The van der Waals surface area contributed by atoms with Crippen LogP contribution in [0.5, 0.6) is 0 Å². The second-order valence-electron chi connectivity index (χ2n) is 2.30. The first-order chi connectivity index (χ1) is 4.66. The van der Waals surface area contributed by atoms with Crippen molar-refractivity contribution in [2.45, 2.75) is 23.6 Å². The first-order valence-corrected chi connectivity index (χ1v) is 3.56. The van der Waals surface area contributed by atoms with Crippen LogP contribution in [0, 0.1) is 6.92 Å². The molecule has 0 saturated carbocycles. The average Bonchev–Trinajstić information content (AvgIpc) is 2.17. The molecule has 0 bridgehead atoms. The fourth-order valence-corrected chi connectivity index (χ4v) is 1.26. The van der Waals surface area contributed by atoms with Gasteiger partial charge in [0.15, 0.2) is 0 Å². The van der Waals surface area contributed by atoms with Crippen LogP contribution in [0.4, 0.5) is 0 Å². The number of hydrogen-bond acceptors (Lipinski definition) is 4. The van der Waals surface area contributed by atoms with E-state index in [1.54, 1.807) is 0 Å². The molecule has 1 heterocycles. The lowest BCUT2D eigenvalue weighted by molar-refractivity contribution is 0.0139. The van der Waals surface area contributed by atoms with Crippen molar-refractivity contribution in [3.05, 3.63) is 6.92 Å². The lowest BCUT2D eigenvalue weighted by Gasteiger charge is -2.10. The molecule has 2 radical (unpaired) electrons. The lowest BCUT2D eigenvalue weighted by atomic mass is 10.1. The van der Waals surface area contributed by atoms with Crippen LogP contribution in [0.3, 0.4) is 0 Å². The first kappa shape index (κ1) is 8.33. The fraction of sp³-hybridized carbons (Fsp3) is 0.833. The summed E-state index contributed by atoms with van der Waals surface area (Å²) in [7, 11) is 0. The van der Waals surface area contributed by atoms with Gasteiger partial charge < -0.3 is 14.9 Å². The van der Waals surface area contributed by atoms with Crippen molar-refractivity contribution in [2.75, 3.05) is 6.61 Å². The molecule has 1 unspecified atom stereocenters. The zero-order chi connectivity index (χ0) is 7.72. The molecule has 0 aromatic heterocycles. The zero-order valence-corrected chi connectivity index (χ0v) is 6.24. The van der Waals surface area contributed by atoms with E-state index >= 15 is 0 Å². The SMILES string of the molecule is [CH][C@@H]1O[C@H](CO)[C@H](S)C1O. The Balaban J connectivity index is 2.53. The predicted molar refractivity (Wildman–Crippen MR) is 38.8 cm³/mol. The van der Waals surface area contributed by atoms with E-state index in [2.05, 4.69) is 12.6 Å². The molecule has 0 amide bonds. The van der Waals surface area contributed by atoms with Crippen molar-refractivity contribution in [3.8, 4) is 0 Å². The molecular weight excluding hydrogens is 152 g/mol. The molecule has 0 aliphatic carbocycles. The molecule has 4 atom stereocenters. The summed E-state index contributed by atoms with van der Waals surface area (Å²) in [4.78, 5) is 0. The summed E-state index contributed by atoms with van der Waals surface area (Å²) in [6, 6.07) is 0. The summed E-state index contributed by atoms with van der Waals surface area (Å²) < 4.78 is 4.94. The maximum Gasteiger partial charge on any atom is 0.0952 e. The largest absolute Gasteiger partial charge is 0.394 e. The summed E-state index contributed by atoms with van der Waals surface area (Å²) in [6.07, 6.45) is -1.92. The molecule has 1 rings (SSSR count). The van der Waals surface area contributed by atoms with Crippen LogP contribution in [0.2, 0.25) is 0 Å². The second-order valence-corrected chi connectivity index (χ2v) is 2.90. The molecule has 58 valence electrons. The van der Waals surface area contributed by atoms with E-state index in [-0.39, 0.29) is 11.9 Å². The molecule has 1 saturated heterocycles. The molecule has 0 aromatic carbocycles. The maximum atomic E-state index is 9.13. The molecule has 1 aliphatic heterocycles. The van der Waals surface area contributed by atoms with Gasteiger partial charge in [-0.1, -0.05) is 0 Å². The van der Waals surface area contributed by atoms with Crippen molar-refractivity contribution >= 4 is 12.6 Å². The molecule has 4 heteroatoms. The predicted octanol–water partition coefficient (Wildman–Crippen LogP) is -0.884. The average molecular weight is 162 g/mol. The second kappa shape index (κ2) is 3.09. The number of thiol groups is 1. The topological polar surface area (TPSA) is 49.7 Å². The van der Waals surface area contributed by atoms with Crippen LogP contribution < -0.4 is 0 Å². The summed E-state index contributed by atoms with van der Waals surface area (Å²) in [5.41, 5.74) is 0. The standard InChI is InChI=1S/C6H10O3S/c1-3-5(8)6(10)4(2-7)9-3/h1,3-8,10H,2H2/t3-,4+,5?,6-/m0/s1. The zero-order valence-electron chi connectivity index (χ0n) is 5.34. The van der Waals surface area contributed by atoms with E-state index in [1.807, 2.05) is 0 Å². The summed E-state index contributed by atoms with van der Waals surface area (Å²) in [5.74, 6) is 0. The number of aliphatic hydroxyl groups excluding tert-OH is 2. The molecule has 1 fully saturated rings. The quantitative estimate of drug-likeness (QED) is 0.439. The summed E-state index contributed by atoms with van der Waals surface area (Å²) >= 11 is 4.01. The Bertz CT molecular complexity index is 120. The Labute approximate surface area is 65.4 Å². The van der Waals surface area contributed by atoms with Crippen molar-refractivity contribution in [1.82, 2.24) is 0 Å². The third-order valence-electron chi connectivity index (χ3n) is 1.58. The Morgan fingerprint density at radius 2 is 2.20 bits per heavy atom. The third-order valence-corrected chi connectivity index (χ3v) is 2.22. The normalized spacial score (nSPS) is 48.0. The molecular formula is C6H10O3S. The fourth-order valence-electron chi connectivity index (χ4n) is 0.928. The van der Waals surface area contributed by atoms with Crippen LogP contribution in [0.1, 0.15) is 0 Å². The van der Waals surface area contributed by atoms with Gasteiger partial charge in [-0.25, -0.2) is 0 Å². The van der Waals surface area contributed by atoms with Crippen molar-refractivity contribution in [2.24, 2.45) is 0 Å². The Morgan fingerprint density at radius 3 is 2.40 bits per heavy atom. The van der Waals surface area contributed by atoms with Crippen LogP contribution in [-0.2, 0) is 4.74 Å². The van der Waals surface area contributed by atoms with Gasteiger partial charge in [-0.3, -0.25) is 0 Å². The number of hydrogen-bond donors (Lipinski definition) is 3. The van der Waals surface area contributed by atoms with Gasteiger partial charge in [0.1, 0.15) is 0 Å². The van der Waals surface area contributed by atoms with Crippen molar-refractivity contribution < 1.29 is 14.9 Å². The minimum atomic E-state index is -0.777. The van der Waals surface area contributed by atoms with Crippen molar-refractivity contribution in [3.63, 3.8) is 0 Å². The van der Waals surface area contributed by atoms with Crippen molar-refractivity contribution in [1.29, 1.82) is 0 Å². The van der Waals surface area contributed by atoms with Gasteiger partial charge in [0, 0.05) is 0 Å². The summed E-state index contributed by atoms with van der Waals surface area (Å²) in [6.45, 7) is 5.15. The Morgan fingerprint density at radius 1 is 1.60 bits per heavy atom. The minimum Gasteiger partial charge on any atom is -0.394 e. The third kappa shape index (κ3) is 1.29. The van der Waals surface area contributed by atoms with Gasteiger partial charge in [-0.2, -0.15) is 12.6 Å². The van der Waals surface area contributed by atoms with E-state index in [1.165, 1.54) is 0 Å². The highest BCUT2D eigenvalue weighted by molar-refractivity contribution is 7.81. The summed E-state index contributed by atoms with van der Waals surface area (Å²) in [5, 5.41) is 17.4. The molecule has 3 nitrogen and oxygen atoms in total. The Hall–Kier alpha value is 0.230. The monoisotopic (exact) mass is 162 g/mol. The molecule has 10 heavy (non-hydrogen) atoms. The van der Waals surface area contributed by atoms with Crippen LogP contribution in [0.25, 0.3) is 0 Å². The van der Waals surface area contributed by atoms with Crippen LogP contribution in [-0.4, -0.2) is 40.4 Å². The van der Waals surface area contributed by atoms with E-state index in [0.29, 0.717) is 0 Å². The van der Waals surface area contributed by atoms with Gasteiger partial charge in [0.25, 0.3) is 0 Å². The highest BCUT2D eigenvalue weighted by Gasteiger charge is 2.38. The number of aliphatic hydroxyl groups is 2. The first-order valence-electron chi connectivity index (χ1n) is 3.05. The molecule has 0 aromatic rings. The van der Waals surface area contributed by atoms with Crippen LogP contribution >= 0.6 is 12.6 Å². The van der Waals surface area contributed by atoms with E-state index in [4.69, 9.17) is 21.9 Å². The van der Waals surface area contributed by atoms with Gasteiger partial charge in [-0.05, 0) is 6.92 Å². The van der Waals surface area contributed by atoms with Gasteiger partial charge in [0.05, 0.1) is 30.2 Å². The highest BCUT2D eigenvalue weighted by atomic mass is 32.1. The highest BCUT2D eigenvalue weighted by Crippen LogP contribution is 2.24. The van der Waals surface area contributed by atoms with E-state index in [9.17, 15) is 0 Å². The molecule has 1 aliphatic rings. The molecule has 0 spiro atoms. The molecule has 2 N–H and O–H groups in total. The van der Waals surface area contributed by atoms with Gasteiger partial charge in [-0.15, -0.1) is 0 Å². The minimum absolute atomic E-state index is 0.154. The number of rotatable bonds is 1. The van der Waals surface area contributed by atoms with Gasteiger partial charge in [0.2, 0.25) is 0 Å². The van der Waals surface area contributed by atoms with Gasteiger partial charge >= 0.3 is 0 Å². The Kier molecular flexibility index (Phi) is 2.57. The smallest absolute Gasteiger partial charge is 0.0952 e. The number of ether oxygens (including phenoxy) is 1. The van der Waals surface area contributed by atoms with E-state index in [0.717, 1.165) is 0 Å². The lowest BCUT2D eigenvalue weighted by Crippen LogP contribution is -2.28. The van der Waals surface area contributed by atoms with E-state index < -0.39 is 18.3 Å².